The first-order valence-electron chi connectivity index (χ1n) is 4.15. The second kappa shape index (κ2) is 6.66. The van der Waals surface area contributed by atoms with Crippen LogP contribution in [0.3, 0.4) is 0 Å². The van der Waals surface area contributed by atoms with E-state index in [0.29, 0.717) is 0 Å². The van der Waals surface area contributed by atoms with Crippen LogP contribution in [0.5, 0.6) is 5.75 Å². The number of benzene rings is 1. The molecule has 0 heterocycles. The van der Waals surface area contributed by atoms with Crippen molar-refractivity contribution in [1.29, 1.82) is 0 Å². The summed E-state index contributed by atoms with van der Waals surface area (Å²) in [6.07, 6.45) is 0.133. The Bertz CT molecular complexity index is 277. The molecular weight excluding hydrogens is 308 g/mol. The summed E-state index contributed by atoms with van der Waals surface area (Å²) in [5, 5.41) is 0. The van der Waals surface area contributed by atoms with Gasteiger partial charge in [-0.1, -0.05) is 41.4 Å². The van der Waals surface area contributed by atoms with E-state index in [-0.39, 0.29) is 25.6 Å². The van der Waals surface area contributed by atoms with Crippen molar-refractivity contribution in [2.45, 2.75) is 24.8 Å². The molecule has 1 nitrogen and oxygen atoms in total. The average Bonchev–Trinajstić information content (AvgIpc) is 2.03. The number of halogens is 2. The molecule has 14 heavy (non-hydrogen) atoms. The van der Waals surface area contributed by atoms with Crippen LogP contribution in [0, 0.1) is 0 Å². The molecule has 0 bridgehead atoms. The van der Waals surface area contributed by atoms with Crippen LogP contribution in [0.1, 0.15) is 24.2 Å². The van der Waals surface area contributed by atoms with Crippen molar-refractivity contribution >= 4 is 23.2 Å². The monoisotopic (exact) mass is 320 g/mol. The van der Waals surface area contributed by atoms with Crippen LogP contribution in [-0.4, -0.2) is 6.10 Å². The Morgan fingerprint density at radius 3 is 2.21 bits per heavy atom. The smallest absolute Gasteiger partial charge is 0.136 e. The van der Waals surface area contributed by atoms with E-state index in [1.54, 1.807) is 0 Å². The van der Waals surface area contributed by atoms with Crippen molar-refractivity contribution in [3.63, 3.8) is 0 Å². The Morgan fingerprint density at radius 1 is 1.14 bits per heavy atom. The number of alkyl halides is 2. The van der Waals surface area contributed by atoms with Crippen molar-refractivity contribution < 1.29 is 24.2 Å². The number of ether oxygens (including phenoxy) is 1. The summed E-state index contributed by atoms with van der Waals surface area (Å²) in [5.74, 6) is 0.757. The summed E-state index contributed by atoms with van der Waals surface area (Å²) < 4.78 is 5.54. The first kappa shape index (κ1) is 14.2. The topological polar surface area (TPSA) is 9.23 Å². The van der Waals surface area contributed by atoms with E-state index >= 15 is 0 Å². The molecule has 4 heteroatoms. The second-order valence-electron chi connectivity index (χ2n) is 3.01. The van der Waals surface area contributed by atoms with E-state index in [0.717, 1.165) is 11.3 Å². The predicted octanol–water partition coefficient (Wildman–Crippen LogP) is 3.95. The number of hydrogen-bond donors (Lipinski definition) is 0. The molecule has 0 radical (unpaired) electrons. The van der Waals surface area contributed by atoms with Gasteiger partial charge in [-0.25, -0.2) is 0 Å². The molecule has 1 aromatic rings. The van der Waals surface area contributed by atoms with Gasteiger partial charge in [0.1, 0.15) is 10.6 Å². The van der Waals surface area contributed by atoms with Crippen molar-refractivity contribution in [3.8, 4) is 5.75 Å². The minimum Gasteiger partial charge on any atom is -0.491 e. The van der Waals surface area contributed by atoms with E-state index in [1.165, 1.54) is 0 Å². The largest absolute Gasteiger partial charge is 0.491 e. The summed E-state index contributed by atoms with van der Waals surface area (Å²) in [7, 11) is 0. The van der Waals surface area contributed by atoms with E-state index in [4.69, 9.17) is 27.9 Å². The summed E-state index contributed by atoms with van der Waals surface area (Å²) in [4.78, 5) is -0.532. The Labute approximate surface area is 107 Å². The van der Waals surface area contributed by atoms with E-state index in [1.807, 2.05) is 38.1 Å². The van der Waals surface area contributed by atoms with Crippen molar-refractivity contribution in [2.24, 2.45) is 0 Å². The molecule has 0 N–H and O–H groups in total. The summed E-state index contributed by atoms with van der Waals surface area (Å²) in [6.45, 7) is 3.93. The van der Waals surface area contributed by atoms with Gasteiger partial charge in [-0.2, -0.15) is 0 Å². The van der Waals surface area contributed by atoms with Gasteiger partial charge in [-0.15, -0.1) is 0 Å². The molecule has 0 atom stereocenters. The third kappa shape index (κ3) is 4.17. The Hall–Kier alpha value is 0.223. The van der Waals surface area contributed by atoms with E-state index < -0.39 is 4.84 Å². The predicted molar refractivity (Wildman–Crippen MR) is 56.7 cm³/mol. The van der Waals surface area contributed by atoms with Gasteiger partial charge in [0.2, 0.25) is 0 Å². The summed E-state index contributed by atoms with van der Waals surface area (Å²) in [6, 6.07) is 7.52. The van der Waals surface area contributed by atoms with Crippen molar-refractivity contribution in [3.05, 3.63) is 29.8 Å². The Morgan fingerprint density at radius 2 is 1.71 bits per heavy atom. The first-order valence-corrected chi connectivity index (χ1v) is 5.02. The Kier molecular flexibility index (Phi) is 6.77. The molecule has 0 aliphatic rings. The zero-order valence-electron chi connectivity index (χ0n) is 7.98. The molecule has 80 valence electrons. The van der Waals surface area contributed by atoms with Gasteiger partial charge in [0.25, 0.3) is 0 Å². The van der Waals surface area contributed by atoms with Crippen LogP contribution < -0.4 is 4.74 Å². The van der Waals surface area contributed by atoms with Gasteiger partial charge in [0, 0.05) is 25.0 Å². The molecule has 1 aromatic carbocycles. The maximum absolute atomic E-state index is 5.78. The fourth-order valence-corrected chi connectivity index (χ4v) is 1.38. The summed E-state index contributed by atoms with van der Waals surface area (Å²) in [5.41, 5.74) is 0.819. The van der Waals surface area contributed by atoms with Crippen LogP contribution >= 0.6 is 23.2 Å². The SMILES string of the molecule is CC(C)Oc1ccccc1C(Cl)Cl.[Ru]. The quantitative estimate of drug-likeness (QED) is 0.605. The Balaban J connectivity index is 0.00000169. The molecule has 0 spiro atoms. The van der Waals surface area contributed by atoms with Crippen LogP contribution in [-0.2, 0) is 19.5 Å². The molecule has 0 saturated heterocycles. The zero-order chi connectivity index (χ0) is 9.84. The van der Waals surface area contributed by atoms with Crippen molar-refractivity contribution in [2.75, 3.05) is 0 Å². The van der Waals surface area contributed by atoms with Crippen molar-refractivity contribution in [1.82, 2.24) is 0 Å². The maximum atomic E-state index is 5.78. The molecule has 1 rings (SSSR count). The van der Waals surface area contributed by atoms with Crippen LogP contribution in [0.15, 0.2) is 24.3 Å². The van der Waals surface area contributed by atoms with Gasteiger partial charge in [-0.05, 0) is 19.9 Å². The number of hydrogen-bond acceptors (Lipinski definition) is 1. The molecular formula is C10H12Cl2ORu. The van der Waals surface area contributed by atoms with Crippen LogP contribution in [0.2, 0.25) is 0 Å². The minimum atomic E-state index is -0.532. The fourth-order valence-electron chi connectivity index (χ4n) is 1.02. The van der Waals surface area contributed by atoms with E-state index in [2.05, 4.69) is 0 Å². The molecule has 0 aliphatic heterocycles. The molecule has 0 saturated carbocycles. The number of para-hydroxylation sites is 1. The third-order valence-electron chi connectivity index (χ3n) is 1.52. The number of rotatable bonds is 3. The summed E-state index contributed by atoms with van der Waals surface area (Å²) >= 11 is 11.6. The third-order valence-corrected chi connectivity index (χ3v) is 1.99. The molecule has 0 unspecified atom stereocenters. The standard InChI is InChI=1S/C10H12Cl2O.Ru/c1-7(2)13-9-6-4-3-5-8(9)10(11)12;/h3-7,10H,1-2H3;. The maximum Gasteiger partial charge on any atom is 0.136 e. The molecule has 0 aliphatic carbocycles. The molecule has 0 aromatic heterocycles. The zero-order valence-corrected chi connectivity index (χ0v) is 11.2. The minimum absolute atomic E-state index is 0. The van der Waals surface area contributed by atoms with Gasteiger partial charge in [0.15, 0.2) is 0 Å². The van der Waals surface area contributed by atoms with Gasteiger partial charge < -0.3 is 4.74 Å². The van der Waals surface area contributed by atoms with E-state index in [9.17, 15) is 0 Å². The van der Waals surface area contributed by atoms with Gasteiger partial charge >= 0.3 is 0 Å². The average molecular weight is 320 g/mol. The normalized spacial score (nSPS) is 10.1. The van der Waals surface area contributed by atoms with Crippen LogP contribution in [0.4, 0.5) is 0 Å². The molecule has 0 fully saturated rings. The van der Waals surface area contributed by atoms with Crippen LogP contribution in [0.25, 0.3) is 0 Å². The fraction of sp³-hybridized carbons (Fsp3) is 0.400. The first-order chi connectivity index (χ1) is 6.11. The second-order valence-corrected chi connectivity index (χ2v) is 4.10. The van der Waals surface area contributed by atoms with Gasteiger partial charge in [0.05, 0.1) is 6.10 Å². The van der Waals surface area contributed by atoms with Gasteiger partial charge in [-0.3, -0.25) is 0 Å². The molecule has 0 amide bonds.